The molecule has 2 unspecified atom stereocenters. The maximum absolute atomic E-state index is 12.4. The van der Waals surface area contributed by atoms with Crippen LogP contribution in [0.5, 0.6) is 0 Å². The van der Waals surface area contributed by atoms with Gasteiger partial charge in [0.25, 0.3) is 0 Å². The predicted molar refractivity (Wildman–Crippen MR) is 262 cm³/mol. The summed E-state index contributed by atoms with van der Waals surface area (Å²) in [4.78, 5) is 12.4. The quantitative estimate of drug-likeness (QED) is 0.0423. The summed E-state index contributed by atoms with van der Waals surface area (Å²) >= 11 is 0. The lowest BCUT2D eigenvalue weighted by molar-refractivity contribution is -0.123. The lowest BCUT2D eigenvalue weighted by Gasteiger charge is -2.20. The summed E-state index contributed by atoms with van der Waals surface area (Å²) in [6.07, 6.45) is 69.7. The van der Waals surface area contributed by atoms with E-state index in [4.69, 9.17) is 0 Å². The molecule has 4 nitrogen and oxygen atoms in total. The van der Waals surface area contributed by atoms with E-state index in [1.807, 2.05) is 6.08 Å². The number of aliphatic hydroxyl groups is 2. The Morgan fingerprint density at radius 3 is 1.03 bits per heavy atom. The average molecular weight is 826 g/mol. The monoisotopic (exact) mass is 826 g/mol. The van der Waals surface area contributed by atoms with Crippen molar-refractivity contribution >= 4 is 5.91 Å². The zero-order valence-corrected chi connectivity index (χ0v) is 39.8. The Hall–Kier alpha value is -1.65. The van der Waals surface area contributed by atoms with Crippen LogP contribution >= 0.6 is 0 Å². The molecule has 0 bridgehead atoms. The van der Waals surface area contributed by atoms with E-state index >= 15 is 0 Å². The molecule has 0 aliphatic heterocycles. The van der Waals surface area contributed by atoms with E-state index < -0.39 is 12.1 Å². The molecule has 0 heterocycles. The number of carbonyl (C=O) groups is 1. The molecule has 0 saturated heterocycles. The van der Waals surface area contributed by atoms with E-state index in [1.54, 1.807) is 6.08 Å². The number of hydrogen-bond donors (Lipinski definition) is 3. The largest absolute Gasteiger partial charge is 0.394 e. The normalized spacial score (nSPS) is 13.2. The van der Waals surface area contributed by atoms with Gasteiger partial charge in [0.05, 0.1) is 18.8 Å². The molecule has 0 aromatic carbocycles. The second-order valence-corrected chi connectivity index (χ2v) is 17.9. The van der Waals surface area contributed by atoms with Gasteiger partial charge >= 0.3 is 0 Å². The minimum Gasteiger partial charge on any atom is -0.394 e. The highest BCUT2D eigenvalue weighted by atomic mass is 16.3. The van der Waals surface area contributed by atoms with Gasteiger partial charge in [-0.1, -0.05) is 262 Å². The zero-order chi connectivity index (χ0) is 42.8. The van der Waals surface area contributed by atoms with Crippen molar-refractivity contribution in [2.24, 2.45) is 0 Å². The Morgan fingerprint density at radius 2 is 0.695 bits per heavy atom. The Bertz CT molecular complexity index is 939. The standard InChI is InChI=1S/C55H103NO3/c1-3-5-7-9-11-13-15-17-19-21-23-25-26-27-28-29-31-32-34-36-38-40-42-44-46-48-50-54(58)53(52-57)56-55(59)51-49-47-45-43-41-39-37-35-33-30-24-22-20-18-16-14-12-10-8-6-4-2/h16,18,22,24,33,35,48,50,53-54,57-58H,3-15,17,19-21,23,25-32,34,36-47,49,51-52H2,1-2H3,(H,56,59)/b18-16-,24-22-,35-33-,50-48+. The first kappa shape index (κ1) is 57.3. The van der Waals surface area contributed by atoms with Crippen LogP contribution in [-0.2, 0) is 4.79 Å². The van der Waals surface area contributed by atoms with Gasteiger partial charge in [0, 0.05) is 6.42 Å². The molecule has 0 saturated carbocycles. The number of aliphatic hydroxyl groups excluding tert-OH is 2. The molecule has 1 amide bonds. The van der Waals surface area contributed by atoms with Gasteiger partial charge in [-0.25, -0.2) is 0 Å². The average Bonchev–Trinajstić information content (AvgIpc) is 3.24. The fourth-order valence-corrected chi connectivity index (χ4v) is 8.01. The van der Waals surface area contributed by atoms with E-state index in [9.17, 15) is 15.0 Å². The van der Waals surface area contributed by atoms with Crippen LogP contribution < -0.4 is 5.32 Å². The third-order valence-corrected chi connectivity index (χ3v) is 12.1. The van der Waals surface area contributed by atoms with Crippen molar-refractivity contribution in [3.63, 3.8) is 0 Å². The van der Waals surface area contributed by atoms with Crippen LogP contribution in [0.25, 0.3) is 0 Å². The van der Waals surface area contributed by atoms with Gasteiger partial charge in [-0.15, -0.1) is 0 Å². The summed E-state index contributed by atoms with van der Waals surface area (Å²) in [7, 11) is 0. The molecular weight excluding hydrogens is 723 g/mol. The molecular formula is C55H103NO3. The summed E-state index contributed by atoms with van der Waals surface area (Å²) in [5.74, 6) is -0.0745. The third-order valence-electron chi connectivity index (χ3n) is 12.1. The smallest absolute Gasteiger partial charge is 0.220 e. The molecule has 0 spiro atoms. The van der Waals surface area contributed by atoms with Crippen molar-refractivity contribution in [3.8, 4) is 0 Å². The van der Waals surface area contributed by atoms with Crippen molar-refractivity contribution in [3.05, 3.63) is 48.6 Å². The van der Waals surface area contributed by atoms with Crippen LogP contribution in [-0.4, -0.2) is 34.9 Å². The fraction of sp³-hybridized carbons (Fsp3) is 0.836. The number of allylic oxidation sites excluding steroid dienone is 7. The highest BCUT2D eigenvalue weighted by Gasteiger charge is 2.18. The predicted octanol–water partition coefficient (Wildman–Crippen LogP) is 17.1. The van der Waals surface area contributed by atoms with E-state index in [0.717, 1.165) is 51.4 Å². The molecule has 0 aromatic heterocycles. The molecule has 0 fully saturated rings. The Kier molecular flexibility index (Phi) is 49.3. The first-order chi connectivity index (χ1) is 29.2. The second kappa shape index (κ2) is 50.7. The molecule has 0 rings (SSSR count). The van der Waals surface area contributed by atoms with Crippen molar-refractivity contribution < 1.29 is 15.0 Å². The number of amides is 1. The number of hydrogen-bond acceptors (Lipinski definition) is 3. The minimum absolute atomic E-state index is 0.0745. The van der Waals surface area contributed by atoms with Gasteiger partial charge in [0.1, 0.15) is 0 Å². The molecule has 0 radical (unpaired) electrons. The first-order valence-corrected chi connectivity index (χ1v) is 26.4. The lowest BCUT2D eigenvalue weighted by Crippen LogP contribution is -2.45. The van der Waals surface area contributed by atoms with Gasteiger partial charge < -0.3 is 15.5 Å². The van der Waals surface area contributed by atoms with E-state index in [0.29, 0.717) is 6.42 Å². The van der Waals surface area contributed by atoms with Crippen molar-refractivity contribution in [2.45, 2.75) is 289 Å². The number of carbonyl (C=O) groups excluding carboxylic acids is 1. The van der Waals surface area contributed by atoms with E-state index in [1.165, 1.54) is 205 Å². The Balaban J connectivity index is 3.54. The van der Waals surface area contributed by atoms with Gasteiger partial charge in [-0.2, -0.15) is 0 Å². The SMILES string of the molecule is CCCCCCC/C=C\C/C=C\C/C=C\CCCCCCCCC(=O)NC(CO)C(O)/C=C/CCCCCCCCCCCCCCCCCCCCCCCCCC. The highest BCUT2D eigenvalue weighted by Crippen LogP contribution is 2.16. The summed E-state index contributed by atoms with van der Waals surface area (Å²) in [5.41, 5.74) is 0. The molecule has 0 aromatic rings. The maximum Gasteiger partial charge on any atom is 0.220 e. The van der Waals surface area contributed by atoms with Crippen LogP contribution in [0.4, 0.5) is 0 Å². The van der Waals surface area contributed by atoms with E-state index in [2.05, 4.69) is 55.6 Å². The maximum atomic E-state index is 12.4. The number of unbranched alkanes of at least 4 members (excludes halogenated alkanes) is 35. The van der Waals surface area contributed by atoms with Gasteiger partial charge in [-0.05, 0) is 57.8 Å². The summed E-state index contributed by atoms with van der Waals surface area (Å²) < 4.78 is 0. The van der Waals surface area contributed by atoms with Gasteiger partial charge in [-0.3, -0.25) is 4.79 Å². The molecule has 2 atom stereocenters. The van der Waals surface area contributed by atoms with Crippen molar-refractivity contribution in [2.75, 3.05) is 6.61 Å². The summed E-state index contributed by atoms with van der Waals surface area (Å²) in [6, 6.07) is -0.631. The summed E-state index contributed by atoms with van der Waals surface area (Å²) in [5, 5.41) is 23.1. The third kappa shape index (κ3) is 47.3. The topological polar surface area (TPSA) is 69.6 Å². The van der Waals surface area contributed by atoms with Crippen LogP contribution in [0, 0.1) is 0 Å². The first-order valence-electron chi connectivity index (χ1n) is 26.4. The van der Waals surface area contributed by atoms with E-state index in [-0.39, 0.29) is 12.5 Å². The lowest BCUT2D eigenvalue weighted by atomic mass is 10.0. The highest BCUT2D eigenvalue weighted by molar-refractivity contribution is 5.76. The van der Waals surface area contributed by atoms with Crippen LogP contribution in [0.2, 0.25) is 0 Å². The molecule has 0 aliphatic rings. The van der Waals surface area contributed by atoms with Gasteiger partial charge in [0.15, 0.2) is 0 Å². The summed E-state index contributed by atoms with van der Waals surface area (Å²) in [6.45, 7) is 4.31. The van der Waals surface area contributed by atoms with Crippen LogP contribution in [0.3, 0.4) is 0 Å². The molecule has 3 N–H and O–H groups in total. The van der Waals surface area contributed by atoms with Crippen molar-refractivity contribution in [1.29, 1.82) is 0 Å². The second-order valence-electron chi connectivity index (χ2n) is 17.9. The molecule has 4 heteroatoms. The number of nitrogens with one attached hydrogen (secondary N) is 1. The molecule has 346 valence electrons. The zero-order valence-electron chi connectivity index (χ0n) is 39.8. The number of rotatable bonds is 48. The molecule has 0 aliphatic carbocycles. The van der Waals surface area contributed by atoms with Gasteiger partial charge in [0.2, 0.25) is 5.91 Å². The Labute approximate surface area is 369 Å². The van der Waals surface area contributed by atoms with Crippen LogP contribution in [0.1, 0.15) is 277 Å². The van der Waals surface area contributed by atoms with Crippen LogP contribution in [0.15, 0.2) is 48.6 Å². The van der Waals surface area contributed by atoms with Crippen molar-refractivity contribution in [1.82, 2.24) is 5.32 Å². The minimum atomic E-state index is -0.847. The fourth-order valence-electron chi connectivity index (χ4n) is 8.01. The Morgan fingerprint density at radius 1 is 0.407 bits per heavy atom. The molecule has 59 heavy (non-hydrogen) atoms.